The molecule has 0 radical (unpaired) electrons. The lowest BCUT2D eigenvalue weighted by atomic mass is 10.1. The van der Waals surface area contributed by atoms with Gasteiger partial charge in [-0.1, -0.05) is 6.07 Å². The maximum Gasteiger partial charge on any atom is 0.240 e. The SMILES string of the molecule is Cc1cc2c(c(N=C=O)c1)CCC2. The molecule has 1 aliphatic rings. The van der Waals surface area contributed by atoms with Crippen molar-refractivity contribution >= 4 is 11.8 Å². The Balaban J connectivity index is 2.61. The van der Waals surface area contributed by atoms with Gasteiger partial charge in [0.1, 0.15) is 0 Å². The largest absolute Gasteiger partial charge is 0.240 e. The second-order valence-corrected chi connectivity index (χ2v) is 3.48. The van der Waals surface area contributed by atoms with Crippen LogP contribution >= 0.6 is 0 Å². The summed E-state index contributed by atoms with van der Waals surface area (Å²) in [5.41, 5.74) is 4.60. The van der Waals surface area contributed by atoms with Gasteiger partial charge >= 0.3 is 0 Å². The molecule has 0 bridgehead atoms. The number of rotatable bonds is 1. The first-order valence-corrected chi connectivity index (χ1v) is 4.51. The molecule has 13 heavy (non-hydrogen) atoms. The van der Waals surface area contributed by atoms with Crippen molar-refractivity contribution in [1.82, 2.24) is 0 Å². The molecule has 0 spiro atoms. The van der Waals surface area contributed by atoms with Gasteiger partial charge in [0.2, 0.25) is 6.08 Å². The highest BCUT2D eigenvalue weighted by Crippen LogP contribution is 2.31. The smallest absolute Gasteiger partial charge is 0.211 e. The Bertz CT molecular complexity index is 389. The van der Waals surface area contributed by atoms with E-state index in [-0.39, 0.29) is 0 Å². The minimum absolute atomic E-state index is 0.822. The number of carbonyl (C=O) groups excluding carboxylic acids is 1. The van der Waals surface area contributed by atoms with Gasteiger partial charge in [0.15, 0.2) is 0 Å². The van der Waals surface area contributed by atoms with E-state index in [4.69, 9.17) is 0 Å². The second kappa shape index (κ2) is 3.15. The van der Waals surface area contributed by atoms with Crippen LogP contribution in [0, 0.1) is 6.92 Å². The van der Waals surface area contributed by atoms with E-state index in [1.807, 2.05) is 13.0 Å². The van der Waals surface area contributed by atoms with E-state index < -0.39 is 0 Å². The van der Waals surface area contributed by atoms with Gasteiger partial charge in [0, 0.05) is 0 Å². The molecule has 0 saturated carbocycles. The van der Waals surface area contributed by atoms with E-state index in [1.165, 1.54) is 23.1 Å². The lowest BCUT2D eigenvalue weighted by molar-refractivity contribution is 0.565. The minimum atomic E-state index is 0.822. The summed E-state index contributed by atoms with van der Waals surface area (Å²) in [5, 5.41) is 0. The first-order chi connectivity index (χ1) is 6.31. The molecule has 2 rings (SSSR count). The fourth-order valence-electron chi connectivity index (χ4n) is 1.99. The maximum atomic E-state index is 10.2. The summed E-state index contributed by atoms with van der Waals surface area (Å²) in [6.45, 7) is 2.03. The molecule has 0 atom stereocenters. The Kier molecular flexibility index (Phi) is 1.99. The van der Waals surface area contributed by atoms with Crippen molar-refractivity contribution < 1.29 is 4.79 Å². The van der Waals surface area contributed by atoms with E-state index >= 15 is 0 Å². The number of isocyanates is 1. The third-order valence-electron chi connectivity index (χ3n) is 2.50. The van der Waals surface area contributed by atoms with Gasteiger partial charge in [-0.05, 0) is 48.9 Å². The molecule has 2 nitrogen and oxygen atoms in total. The van der Waals surface area contributed by atoms with Crippen LogP contribution in [0.25, 0.3) is 0 Å². The molecule has 1 aromatic carbocycles. The zero-order valence-corrected chi connectivity index (χ0v) is 7.63. The molecule has 0 N–H and O–H groups in total. The van der Waals surface area contributed by atoms with Crippen molar-refractivity contribution in [3.8, 4) is 0 Å². The summed E-state index contributed by atoms with van der Waals surface area (Å²) in [6, 6.07) is 4.14. The zero-order chi connectivity index (χ0) is 9.26. The molecule has 0 aliphatic heterocycles. The Morgan fingerprint density at radius 2 is 2.23 bits per heavy atom. The molecule has 0 saturated heterocycles. The Morgan fingerprint density at radius 1 is 1.38 bits per heavy atom. The molecule has 0 amide bonds. The molecule has 1 aromatic rings. The van der Waals surface area contributed by atoms with Gasteiger partial charge in [-0.2, -0.15) is 4.99 Å². The van der Waals surface area contributed by atoms with Gasteiger partial charge in [0.25, 0.3) is 0 Å². The predicted octanol–water partition coefficient (Wildman–Crippen LogP) is 2.45. The topological polar surface area (TPSA) is 29.4 Å². The molecule has 2 heteroatoms. The standard InChI is InChI=1S/C11H11NO/c1-8-5-9-3-2-4-10(9)11(6-8)12-7-13/h5-6H,2-4H2,1H3. The summed E-state index contributed by atoms with van der Waals surface area (Å²) in [5.74, 6) is 0. The number of benzene rings is 1. The van der Waals surface area contributed by atoms with Crippen molar-refractivity contribution in [2.24, 2.45) is 4.99 Å². The Morgan fingerprint density at radius 3 is 3.00 bits per heavy atom. The van der Waals surface area contributed by atoms with Crippen LogP contribution in [-0.2, 0) is 17.6 Å². The number of aliphatic imine (C=N–C) groups is 1. The van der Waals surface area contributed by atoms with Crippen molar-refractivity contribution in [3.63, 3.8) is 0 Å². The molecule has 0 unspecified atom stereocenters. The first-order valence-electron chi connectivity index (χ1n) is 4.51. The number of fused-ring (bicyclic) bond motifs is 1. The third kappa shape index (κ3) is 1.41. The lowest BCUT2D eigenvalue weighted by Gasteiger charge is -2.03. The monoisotopic (exact) mass is 173 g/mol. The molecule has 1 aliphatic carbocycles. The Hall–Kier alpha value is -1.40. The molecular formula is C11H11NO. The van der Waals surface area contributed by atoms with Crippen LogP contribution in [0.4, 0.5) is 5.69 Å². The van der Waals surface area contributed by atoms with Crippen molar-refractivity contribution in [3.05, 3.63) is 28.8 Å². The van der Waals surface area contributed by atoms with Crippen LogP contribution in [0.3, 0.4) is 0 Å². The molecule has 0 heterocycles. The lowest BCUT2D eigenvalue weighted by Crippen LogP contribution is -1.84. The molecular weight excluding hydrogens is 162 g/mol. The molecule has 66 valence electrons. The fourth-order valence-corrected chi connectivity index (χ4v) is 1.99. The number of hydrogen-bond donors (Lipinski definition) is 0. The van der Waals surface area contributed by atoms with E-state index in [0.29, 0.717) is 0 Å². The summed E-state index contributed by atoms with van der Waals surface area (Å²) in [4.78, 5) is 13.9. The zero-order valence-electron chi connectivity index (χ0n) is 7.63. The van der Waals surface area contributed by atoms with Crippen LogP contribution in [0.5, 0.6) is 0 Å². The van der Waals surface area contributed by atoms with Crippen LogP contribution in [0.2, 0.25) is 0 Å². The number of hydrogen-bond acceptors (Lipinski definition) is 2. The van der Waals surface area contributed by atoms with E-state index in [1.54, 1.807) is 6.08 Å². The molecule has 0 fully saturated rings. The van der Waals surface area contributed by atoms with E-state index in [2.05, 4.69) is 11.1 Å². The Labute approximate surface area is 77.3 Å². The van der Waals surface area contributed by atoms with Crippen LogP contribution in [0.1, 0.15) is 23.1 Å². The average Bonchev–Trinajstić information content (AvgIpc) is 2.52. The van der Waals surface area contributed by atoms with Crippen molar-refractivity contribution in [2.45, 2.75) is 26.2 Å². The van der Waals surface area contributed by atoms with Crippen LogP contribution in [-0.4, -0.2) is 6.08 Å². The van der Waals surface area contributed by atoms with Crippen molar-refractivity contribution in [2.75, 3.05) is 0 Å². The quantitative estimate of drug-likeness (QED) is 0.473. The van der Waals surface area contributed by atoms with Gasteiger partial charge in [-0.3, -0.25) is 0 Å². The van der Waals surface area contributed by atoms with E-state index in [0.717, 1.165) is 18.5 Å². The average molecular weight is 173 g/mol. The normalized spacial score (nSPS) is 13.6. The summed E-state index contributed by atoms with van der Waals surface area (Å²) < 4.78 is 0. The van der Waals surface area contributed by atoms with Crippen molar-refractivity contribution in [1.29, 1.82) is 0 Å². The highest BCUT2D eigenvalue weighted by Gasteiger charge is 2.14. The van der Waals surface area contributed by atoms with E-state index in [9.17, 15) is 4.79 Å². The highest BCUT2D eigenvalue weighted by molar-refractivity contribution is 5.59. The van der Waals surface area contributed by atoms with Crippen LogP contribution < -0.4 is 0 Å². The number of aryl methyl sites for hydroxylation is 2. The fraction of sp³-hybridized carbons (Fsp3) is 0.364. The number of nitrogens with zero attached hydrogens (tertiary/aromatic N) is 1. The second-order valence-electron chi connectivity index (χ2n) is 3.48. The summed E-state index contributed by atoms with van der Waals surface area (Å²) >= 11 is 0. The maximum absolute atomic E-state index is 10.2. The van der Waals surface area contributed by atoms with Gasteiger partial charge < -0.3 is 0 Å². The highest BCUT2D eigenvalue weighted by atomic mass is 16.1. The summed E-state index contributed by atoms with van der Waals surface area (Å²) in [6.07, 6.45) is 4.97. The first kappa shape index (κ1) is 8.21. The molecule has 0 aromatic heterocycles. The third-order valence-corrected chi connectivity index (χ3v) is 2.50. The predicted molar refractivity (Wildman–Crippen MR) is 51.0 cm³/mol. The van der Waals surface area contributed by atoms with Gasteiger partial charge in [0.05, 0.1) is 5.69 Å². The summed E-state index contributed by atoms with van der Waals surface area (Å²) in [7, 11) is 0. The van der Waals surface area contributed by atoms with Crippen LogP contribution in [0.15, 0.2) is 17.1 Å². The minimum Gasteiger partial charge on any atom is -0.211 e. The van der Waals surface area contributed by atoms with Gasteiger partial charge in [-0.25, -0.2) is 4.79 Å². The van der Waals surface area contributed by atoms with Gasteiger partial charge in [-0.15, -0.1) is 0 Å².